The van der Waals surface area contributed by atoms with Crippen LogP contribution in [0.25, 0.3) is 5.78 Å². The first-order valence-electron chi connectivity index (χ1n) is 6.10. The van der Waals surface area contributed by atoms with Gasteiger partial charge in [-0.15, -0.1) is 0 Å². The lowest BCUT2D eigenvalue weighted by atomic mass is 9.97. The van der Waals surface area contributed by atoms with Crippen molar-refractivity contribution in [3.8, 4) is 6.07 Å². The minimum atomic E-state index is -1.08. The second kappa shape index (κ2) is 2.94. The van der Waals surface area contributed by atoms with Crippen LogP contribution in [0.2, 0.25) is 0 Å². The van der Waals surface area contributed by atoms with E-state index in [-0.39, 0.29) is 11.1 Å². The number of hydrogen-bond donors (Lipinski definition) is 1. The van der Waals surface area contributed by atoms with E-state index in [0.29, 0.717) is 5.78 Å². The molecule has 0 bridgehead atoms. The number of hydrogen-bond acceptors (Lipinski definition) is 4. The highest BCUT2D eigenvalue weighted by Crippen LogP contribution is 2.78. The fraction of sp³-hybridized carbons (Fsp3) is 0.385. The number of carboxylic acid groups (broad SMARTS) is 1. The van der Waals surface area contributed by atoms with Gasteiger partial charge in [0.15, 0.2) is 5.69 Å². The summed E-state index contributed by atoms with van der Waals surface area (Å²) in [5.74, 6) is -0.730. The Morgan fingerprint density at radius 3 is 2.84 bits per heavy atom. The van der Waals surface area contributed by atoms with E-state index in [0.717, 1.165) is 24.8 Å². The summed E-state index contributed by atoms with van der Waals surface area (Å²) in [6, 6.07) is 2.43. The van der Waals surface area contributed by atoms with E-state index in [1.165, 1.54) is 6.20 Å². The molecule has 2 fully saturated rings. The number of fused-ring (bicyclic) bond motifs is 1. The molecule has 2 saturated carbocycles. The molecule has 4 rings (SSSR count). The van der Waals surface area contributed by atoms with Crippen LogP contribution in [0.1, 0.15) is 35.3 Å². The second-order valence-electron chi connectivity index (χ2n) is 5.46. The fourth-order valence-electron chi connectivity index (χ4n) is 3.06. The molecule has 0 amide bonds. The third-order valence-corrected chi connectivity index (χ3v) is 4.45. The van der Waals surface area contributed by atoms with Crippen LogP contribution >= 0.6 is 0 Å². The van der Waals surface area contributed by atoms with Crippen molar-refractivity contribution in [3.05, 3.63) is 29.8 Å². The molecule has 1 unspecified atom stereocenters. The van der Waals surface area contributed by atoms with Crippen molar-refractivity contribution < 1.29 is 9.90 Å². The van der Waals surface area contributed by atoms with Gasteiger partial charge in [-0.3, -0.25) is 4.40 Å². The summed E-state index contributed by atoms with van der Waals surface area (Å²) >= 11 is 0. The van der Waals surface area contributed by atoms with E-state index in [2.05, 4.69) is 16.0 Å². The van der Waals surface area contributed by atoms with Crippen LogP contribution in [-0.4, -0.2) is 25.4 Å². The number of carbonyl (C=O) groups is 1. The maximum absolute atomic E-state index is 10.9. The zero-order valence-corrected chi connectivity index (χ0v) is 10.00. The number of aromatic nitrogens is 3. The predicted molar refractivity (Wildman–Crippen MR) is 63.5 cm³/mol. The molecule has 2 aromatic heterocycles. The maximum atomic E-state index is 10.9. The van der Waals surface area contributed by atoms with Crippen molar-refractivity contribution in [3.63, 3.8) is 0 Å². The molecule has 2 aliphatic rings. The average Bonchev–Trinajstić information content (AvgIpc) is 3.27. The molecular weight excluding hydrogens is 244 g/mol. The first-order chi connectivity index (χ1) is 9.10. The number of carboxylic acids is 1. The van der Waals surface area contributed by atoms with Crippen LogP contribution in [0.3, 0.4) is 0 Å². The van der Waals surface area contributed by atoms with Gasteiger partial charge in [0, 0.05) is 24.2 Å². The molecule has 94 valence electrons. The number of nitrogens with zero attached hydrogens (tertiary/aromatic N) is 4. The Balaban J connectivity index is 1.85. The summed E-state index contributed by atoms with van der Waals surface area (Å²) in [5, 5.41) is 18.4. The molecule has 2 aliphatic carbocycles. The highest BCUT2D eigenvalue weighted by atomic mass is 16.4. The molecule has 19 heavy (non-hydrogen) atoms. The SMILES string of the molecule is N#CC1(c2cnc3nc(C(=O)O)cn3c2)CC12CC2. The van der Waals surface area contributed by atoms with E-state index in [4.69, 9.17) is 5.11 Å². The normalized spacial score (nSPS) is 26.3. The zero-order valence-electron chi connectivity index (χ0n) is 10.00. The van der Waals surface area contributed by atoms with Gasteiger partial charge in [-0.2, -0.15) is 5.26 Å². The van der Waals surface area contributed by atoms with Crippen molar-refractivity contribution in [1.82, 2.24) is 14.4 Å². The first-order valence-corrected chi connectivity index (χ1v) is 6.10. The van der Waals surface area contributed by atoms with Crippen molar-refractivity contribution in [2.45, 2.75) is 24.7 Å². The number of imidazole rings is 1. The molecule has 0 aromatic carbocycles. The highest BCUT2D eigenvalue weighted by molar-refractivity contribution is 5.85. The summed E-state index contributed by atoms with van der Waals surface area (Å²) < 4.78 is 1.59. The number of rotatable bonds is 2. The molecule has 0 aliphatic heterocycles. The third kappa shape index (κ3) is 1.17. The lowest BCUT2D eigenvalue weighted by Gasteiger charge is -2.07. The van der Waals surface area contributed by atoms with E-state index in [9.17, 15) is 10.1 Å². The van der Waals surface area contributed by atoms with E-state index >= 15 is 0 Å². The Bertz CT molecular complexity index is 769. The molecule has 6 heteroatoms. The Kier molecular flexibility index (Phi) is 1.62. The molecule has 1 N–H and O–H groups in total. The largest absolute Gasteiger partial charge is 0.476 e. The van der Waals surface area contributed by atoms with Gasteiger partial charge in [0.1, 0.15) is 0 Å². The Morgan fingerprint density at radius 2 is 2.26 bits per heavy atom. The molecule has 2 heterocycles. The van der Waals surface area contributed by atoms with Gasteiger partial charge in [-0.25, -0.2) is 14.8 Å². The molecule has 1 atom stereocenters. The Labute approximate surface area is 108 Å². The standard InChI is InChI=1S/C13H10N4O2/c14-7-13(6-12(13)1-2-12)8-3-15-11-16-9(10(18)19)5-17(11)4-8/h3-5H,1-2,6H2,(H,18,19). The monoisotopic (exact) mass is 254 g/mol. The molecule has 6 nitrogen and oxygen atoms in total. The zero-order chi connectivity index (χ0) is 13.3. The summed E-state index contributed by atoms with van der Waals surface area (Å²) in [6.45, 7) is 0. The van der Waals surface area contributed by atoms with Gasteiger partial charge >= 0.3 is 5.97 Å². The van der Waals surface area contributed by atoms with E-state index in [1.54, 1.807) is 16.8 Å². The average molecular weight is 254 g/mol. The second-order valence-corrected chi connectivity index (χ2v) is 5.46. The van der Waals surface area contributed by atoms with Crippen LogP contribution in [0.15, 0.2) is 18.6 Å². The van der Waals surface area contributed by atoms with Gasteiger partial charge in [-0.05, 0) is 24.7 Å². The van der Waals surface area contributed by atoms with Crippen LogP contribution in [-0.2, 0) is 5.41 Å². The molecule has 1 spiro atoms. The lowest BCUT2D eigenvalue weighted by Crippen LogP contribution is -2.09. The van der Waals surface area contributed by atoms with Crippen LogP contribution in [0.5, 0.6) is 0 Å². The van der Waals surface area contributed by atoms with Crippen LogP contribution in [0.4, 0.5) is 0 Å². The van der Waals surface area contributed by atoms with E-state index < -0.39 is 11.4 Å². The van der Waals surface area contributed by atoms with Gasteiger partial charge < -0.3 is 5.11 Å². The Hall–Kier alpha value is -2.42. The minimum absolute atomic E-state index is 0.0346. The molecular formula is C13H10N4O2. The van der Waals surface area contributed by atoms with Gasteiger partial charge in [-0.1, -0.05) is 0 Å². The first kappa shape index (κ1) is 10.5. The van der Waals surface area contributed by atoms with Crippen molar-refractivity contribution in [1.29, 1.82) is 5.26 Å². The summed E-state index contributed by atoms with van der Waals surface area (Å²) in [7, 11) is 0. The quantitative estimate of drug-likeness (QED) is 0.873. The lowest BCUT2D eigenvalue weighted by molar-refractivity contribution is 0.0691. The third-order valence-electron chi connectivity index (χ3n) is 4.45. The van der Waals surface area contributed by atoms with Crippen LogP contribution in [0, 0.1) is 16.7 Å². The topological polar surface area (TPSA) is 91.3 Å². The molecule has 0 radical (unpaired) electrons. The van der Waals surface area contributed by atoms with Crippen molar-refractivity contribution in [2.75, 3.05) is 0 Å². The van der Waals surface area contributed by atoms with Gasteiger partial charge in [0.2, 0.25) is 5.78 Å². The predicted octanol–water partition coefficient (Wildman–Crippen LogP) is 1.37. The van der Waals surface area contributed by atoms with Gasteiger partial charge in [0.05, 0.1) is 11.5 Å². The minimum Gasteiger partial charge on any atom is -0.476 e. The summed E-state index contributed by atoms with van der Waals surface area (Å²) in [5.41, 5.74) is 0.594. The number of aromatic carboxylic acids is 1. The van der Waals surface area contributed by atoms with Crippen LogP contribution < -0.4 is 0 Å². The van der Waals surface area contributed by atoms with Crippen molar-refractivity contribution in [2.24, 2.45) is 5.41 Å². The Morgan fingerprint density at radius 1 is 1.47 bits per heavy atom. The van der Waals surface area contributed by atoms with E-state index in [1.807, 2.05) is 0 Å². The molecule has 2 aromatic rings. The maximum Gasteiger partial charge on any atom is 0.356 e. The smallest absolute Gasteiger partial charge is 0.356 e. The highest BCUT2D eigenvalue weighted by Gasteiger charge is 2.75. The van der Waals surface area contributed by atoms with Crippen molar-refractivity contribution >= 4 is 11.7 Å². The fourth-order valence-corrected chi connectivity index (χ4v) is 3.06. The summed E-state index contributed by atoms with van der Waals surface area (Å²) in [4.78, 5) is 19.0. The molecule has 0 saturated heterocycles. The summed E-state index contributed by atoms with van der Waals surface area (Å²) in [6.07, 6.45) is 7.97. The van der Waals surface area contributed by atoms with Gasteiger partial charge in [0.25, 0.3) is 0 Å². The number of nitriles is 1.